The molecule has 1 aromatic heterocycles. The number of piperazine rings is 1. The molecular weight excluding hydrogens is 317 g/mol. The van der Waals surface area contributed by atoms with Gasteiger partial charge in [0.1, 0.15) is 12.4 Å². The molecule has 0 radical (unpaired) electrons. The minimum Gasteiger partial charge on any atom is -0.388 e. The summed E-state index contributed by atoms with van der Waals surface area (Å²) < 4.78 is 17.1. The van der Waals surface area contributed by atoms with Crippen LogP contribution in [0.5, 0.6) is 0 Å². The lowest BCUT2D eigenvalue weighted by Crippen LogP contribution is -2.47. The van der Waals surface area contributed by atoms with Gasteiger partial charge >= 0.3 is 0 Å². The smallest absolute Gasteiger partial charge is 0.198 e. The average Bonchev–Trinajstić information content (AvgIpc) is 2.84. The minimum absolute atomic E-state index is 0.120. The highest BCUT2D eigenvalue weighted by molar-refractivity contribution is 7.71. The zero-order valence-electron chi connectivity index (χ0n) is 13.0. The molecule has 1 saturated heterocycles. The molecule has 3 rings (SSSR count). The molecule has 1 fully saturated rings. The molecule has 0 saturated carbocycles. The first-order chi connectivity index (χ1) is 11.1. The molecule has 1 N–H and O–H groups in total. The summed E-state index contributed by atoms with van der Waals surface area (Å²) in [6, 6.07) is 6.61. The fraction of sp³-hybridized carbons (Fsp3) is 0.467. The van der Waals surface area contributed by atoms with E-state index in [0.29, 0.717) is 17.3 Å². The number of hydrogen-bond donors (Lipinski definition) is 1. The molecule has 2 heterocycles. The van der Waals surface area contributed by atoms with E-state index in [9.17, 15) is 9.50 Å². The monoisotopic (exact) mass is 337 g/mol. The van der Waals surface area contributed by atoms with Crippen molar-refractivity contribution >= 4 is 17.9 Å². The van der Waals surface area contributed by atoms with Crippen molar-refractivity contribution < 1.29 is 9.50 Å². The highest BCUT2D eigenvalue weighted by Gasteiger charge is 2.18. The van der Waals surface area contributed by atoms with Crippen LogP contribution in [-0.2, 0) is 20.3 Å². The van der Waals surface area contributed by atoms with Crippen LogP contribution in [0.25, 0.3) is 0 Å². The SMILES string of the molecule is Cn1c(CO)nn(CN2CCN(c3ccc(F)cc3)CC2)c1=S. The van der Waals surface area contributed by atoms with Gasteiger partial charge in [0, 0.05) is 38.9 Å². The van der Waals surface area contributed by atoms with Gasteiger partial charge in [-0.3, -0.25) is 4.90 Å². The van der Waals surface area contributed by atoms with Crippen LogP contribution in [0.15, 0.2) is 24.3 Å². The second-order valence-corrected chi connectivity index (χ2v) is 6.00. The molecule has 124 valence electrons. The standard InChI is InChI=1S/C15H20FN5OS/c1-18-14(10-22)17-21(15(18)23)11-19-6-8-20(9-7-19)13-4-2-12(16)3-5-13/h2-5,22H,6-11H2,1H3. The van der Waals surface area contributed by atoms with Gasteiger partial charge in [-0.1, -0.05) is 0 Å². The van der Waals surface area contributed by atoms with Crippen molar-refractivity contribution in [2.75, 3.05) is 31.1 Å². The van der Waals surface area contributed by atoms with Crippen LogP contribution >= 0.6 is 12.2 Å². The summed E-state index contributed by atoms with van der Waals surface area (Å²) in [5.74, 6) is 0.358. The number of aliphatic hydroxyl groups excluding tert-OH is 1. The lowest BCUT2D eigenvalue weighted by Gasteiger charge is -2.35. The summed E-state index contributed by atoms with van der Waals surface area (Å²) >= 11 is 5.34. The highest BCUT2D eigenvalue weighted by atomic mass is 32.1. The predicted molar refractivity (Wildman–Crippen MR) is 88.1 cm³/mol. The quantitative estimate of drug-likeness (QED) is 0.854. The van der Waals surface area contributed by atoms with E-state index in [1.54, 1.807) is 9.25 Å². The van der Waals surface area contributed by atoms with Crippen molar-refractivity contribution in [2.45, 2.75) is 13.3 Å². The summed E-state index contributed by atoms with van der Waals surface area (Å²) in [6.07, 6.45) is 0. The largest absolute Gasteiger partial charge is 0.388 e. The molecule has 1 aliphatic heterocycles. The molecule has 0 spiro atoms. The Kier molecular flexibility index (Phi) is 4.74. The third-order valence-electron chi connectivity index (χ3n) is 4.17. The van der Waals surface area contributed by atoms with Crippen molar-refractivity contribution in [3.63, 3.8) is 0 Å². The van der Waals surface area contributed by atoms with Crippen molar-refractivity contribution in [1.29, 1.82) is 0 Å². The number of aromatic nitrogens is 3. The van der Waals surface area contributed by atoms with E-state index in [0.717, 1.165) is 31.9 Å². The fourth-order valence-corrected chi connectivity index (χ4v) is 2.96. The predicted octanol–water partition coefficient (Wildman–Crippen LogP) is 1.36. The van der Waals surface area contributed by atoms with Gasteiger partial charge in [-0.25, -0.2) is 9.07 Å². The van der Waals surface area contributed by atoms with Crippen LogP contribution < -0.4 is 4.90 Å². The van der Waals surface area contributed by atoms with Crippen LogP contribution in [-0.4, -0.2) is 50.5 Å². The van der Waals surface area contributed by atoms with E-state index >= 15 is 0 Å². The summed E-state index contributed by atoms with van der Waals surface area (Å²) in [6.45, 7) is 4.00. The van der Waals surface area contributed by atoms with Crippen molar-refractivity contribution in [3.05, 3.63) is 40.7 Å². The van der Waals surface area contributed by atoms with E-state index < -0.39 is 0 Å². The molecule has 1 aliphatic rings. The van der Waals surface area contributed by atoms with Gasteiger partial charge in [0.15, 0.2) is 10.6 Å². The molecule has 0 atom stereocenters. The van der Waals surface area contributed by atoms with E-state index in [-0.39, 0.29) is 12.4 Å². The number of benzene rings is 1. The van der Waals surface area contributed by atoms with Gasteiger partial charge in [0.05, 0.1) is 6.67 Å². The van der Waals surface area contributed by atoms with Crippen molar-refractivity contribution in [1.82, 2.24) is 19.2 Å². The Hall–Kier alpha value is -1.77. The molecular formula is C15H20FN5OS. The van der Waals surface area contributed by atoms with E-state index in [1.807, 2.05) is 19.2 Å². The Bertz CT molecular complexity index is 718. The maximum absolute atomic E-state index is 13.0. The lowest BCUT2D eigenvalue weighted by atomic mass is 10.2. The molecule has 1 aromatic carbocycles. The summed E-state index contributed by atoms with van der Waals surface area (Å²) in [5, 5.41) is 13.6. The van der Waals surface area contributed by atoms with Crippen molar-refractivity contribution in [3.8, 4) is 0 Å². The average molecular weight is 337 g/mol. The normalized spacial score (nSPS) is 16.0. The molecule has 0 unspecified atom stereocenters. The molecule has 0 amide bonds. The van der Waals surface area contributed by atoms with Gasteiger partial charge in [-0.05, 0) is 36.5 Å². The lowest BCUT2D eigenvalue weighted by molar-refractivity contribution is 0.192. The third kappa shape index (κ3) is 3.44. The second kappa shape index (κ2) is 6.77. The highest BCUT2D eigenvalue weighted by Crippen LogP contribution is 2.17. The first-order valence-corrected chi connectivity index (χ1v) is 7.96. The van der Waals surface area contributed by atoms with Gasteiger partial charge in [-0.2, -0.15) is 5.10 Å². The maximum Gasteiger partial charge on any atom is 0.198 e. The summed E-state index contributed by atoms with van der Waals surface area (Å²) in [4.78, 5) is 4.51. The molecule has 8 heteroatoms. The number of halogens is 1. The Balaban J connectivity index is 1.61. The first-order valence-electron chi connectivity index (χ1n) is 7.55. The fourth-order valence-electron chi connectivity index (χ4n) is 2.75. The minimum atomic E-state index is -0.211. The third-order valence-corrected chi connectivity index (χ3v) is 4.66. The van der Waals surface area contributed by atoms with E-state index in [2.05, 4.69) is 14.9 Å². The summed E-state index contributed by atoms with van der Waals surface area (Å²) in [5.41, 5.74) is 1.04. The number of rotatable bonds is 4. The van der Waals surface area contributed by atoms with Gasteiger partial charge in [0.2, 0.25) is 0 Å². The Morgan fingerprint density at radius 1 is 1.17 bits per heavy atom. The van der Waals surface area contributed by atoms with Crippen LogP contribution in [0.3, 0.4) is 0 Å². The number of nitrogens with zero attached hydrogens (tertiary/aromatic N) is 5. The van der Waals surface area contributed by atoms with Crippen molar-refractivity contribution in [2.24, 2.45) is 7.05 Å². The van der Waals surface area contributed by atoms with Gasteiger partial charge in [0.25, 0.3) is 0 Å². The van der Waals surface area contributed by atoms with Gasteiger partial charge < -0.3 is 14.6 Å². The topological polar surface area (TPSA) is 49.5 Å². The molecule has 0 aliphatic carbocycles. The van der Waals surface area contributed by atoms with Crippen LogP contribution in [0.2, 0.25) is 0 Å². The van der Waals surface area contributed by atoms with E-state index in [4.69, 9.17) is 12.2 Å². The Morgan fingerprint density at radius 2 is 1.83 bits per heavy atom. The summed E-state index contributed by atoms with van der Waals surface area (Å²) in [7, 11) is 1.81. The second-order valence-electron chi connectivity index (χ2n) is 5.64. The first kappa shape index (κ1) is 16.1. The molecule has 0 bridgehead atoms. The zero-order valence-corrected chi connectivity index (χ0v) is 13.8. The number of anilines is 1. The molecule has 2 aromatic rings. The van der Waals surface area contributed by atoms with Crippen LogP contribution in [0, 0.1) is 10.6 Å². The Morgan fingerprint density at radius 3 is 2.39 bits per heavy atom. The van der Waals surface area contributed by atoms with Crippen LogP contribution in [0.4, 0.5) is 10.1 Å². The maximum atomic E-state index is 13.0. The molecule has 23 heavy (non-hydrogen) atoms. The van der Waals surface area contributed by atoms with Gasteiger partial charge in [-0.15, -0.1) is 0 Å². The molecule has 6 nitrogen and oxygen atoms in total. The number of hydrogen-bond acceptors (Lipinski definition) is 5. The zero-order chi connectivity index (χ0) is 16.4. The Labute approximate surface area is 139 Å². The van der Waals surface area contributed by atoms with E-state index in [1.165, 1.54) is 12.1 Å². The van der Waals surface area contributed by atoms with Crippen LogP contribution in [0.1, 0.15) is 5.82 Å². The number of aliphatic hydroxyl groups is 1.